The molecule has 0 saturated carbocycles. The van der Waals surface area contributed by atoms with E-state index in [-0.39, 0.29) is 5.97 Å². The van der Waals surface area contributed by atoms with E-state index in [0.717, 1.165) is 51.4 Å². The summed E-state index contributed by atoms with van der Waals surface area (Å²) in [4.78, 5) is 24.3. The van der Waals surface area contributed by atoms with E-state index in [2.05, 4.69) is 20.8 Å². The Morgan fingerprint density at radius 1 is 0.958 bits per heavy atom. The molecule has 0 N–H and O–H groups in total. The second kappa shape index (κ2) is 10.4. The maximum atomic E-state index is 12.5. The van der Waals surface area contributed by atoms with Gasteiger partial charge < -0.3 is 9.47 Å². The second-order valence-electron chi connectivity index (χ2n) is 6.96. The van der Waals surface area contributed by atoms with E-state index in [1.165, 1.54) is 7.11 Å². The Bertz CT molecular complexity index is 363. The molecule has 0 unspecified atom stereocenters. The van der Waals surface area contributed by atoms with Crippen LogP contribution >= 0.6 is 0 Å². The Hall–Kier alpha value is -0.650. The van der Waals surface area contributed by atoms with E-state index >= 15 is 0 Å². The van der Waals surface area contributed by atoms with Gasteiger partial charge in [-0.05, 0) is 25.7 Å². The van der Waals surface area contributed by atoms with Crippen molar-refractivity contribution in [3.05, 3.63) is 0 Å². The van der Waals surface area contributed by atoms with Gasteiger partial charge in [0.2, 0.25) is 5.79 Å². The summed E-state index contributed by atoms with van der Waals surface area (Å²) in [5, 5.41) is 0. The molecule has 0 aliphatic carbocycles. The van der Waals surface area contributed by atoms with Crippen molar-refractivity contribution in [2.75, 3.05) is 14.2 Å². The van der Waals surface area contributed by atoms with E-state index < -0.39 is 17.3 Å². The van der Waals surface area contributed by atoms with Gasteiger partial charge in [-0.3, -0.25) is 4.79 Å². The second-order valence-corrected chi connectivity index (χ2v) is 6.96. The SMILES string of the molecule is CCCCC1(CCCC)C[C@H](C(=O)OC)[C@@](CCCC)(OC)OO1. The lowest BCUT2D eigenvalue weighted by molar-refractivity contribution is -0.503. The lowest BCUT2D eigenvalue weighted by Gasteiger charge is -2.48. The molecule has 142 valence electrons. The third-order valence-electron chi connectivity index (χ3n) is 5.15. The first-order chi connectivity index (χ1) is 11.5. The van der Waals surface area contributed by atoms with Gasteiger partial charge in [0.1, 0.15) is 11.5 Å². The van der Waals surface area contributed by atoms with Gasteiger partial charge in [-0.2, -0.15) is 4.89 Å². The molecule has 2 atom stereocenters. The van der Waals surface area contributed by atoms with Crippen LogP contribution in [0.15, 0.2) is 0 Å². The van der Waals surface area contributed by atoms with Gasteiger partial charge in [-0.1, -0.05) is 52.9 Å². The smallest absolute Gasteiger partial charge is 0.314 e. The first kappa shape index (κ1) is 21.4. The fourth-order valence-corrected chi connectivity index (χ4v) is 3.51. The third kappa shape index (κ3) is 5.17. The summed E-state index contributed by atoms with van der Waals surface area (Å²) in [5.74, 6) is -1.76. The molecule has 5 nitrogen and oxygen atoms in total. The van der Waals surface area contributed by atoms with Crippen molar-refractivity contribution in [1.29, 1.82) is 0 Å². The highest BCUT2D eigenvalue weighted by Crippen LogP contribution is 2.46. The molecule has 5 heteroatoms. The maximum absolute atomic E-state index is 12.5. The molecule has 0 aromatic carbocycles. The number of hydrogen-bond acceptors (Lipinski definition) is 5. The number of esters is 1. The van der Waals surface area contributed by atoms with Crippen molar-refractivity contribution in [1.82, 2.24) is 0 Å². The Morgan fingerprint density at radius 2 is 1.50 bits per heavy atom. The molecule has 0 aromatic rings. The Balaban J connectivity index is 3.04. The normalized spacial score (nSPS) is 26.3. The number of carbonyl (C=O) groups is 1. The fraction of sp³-hybridized carbons (Fsp3) is 0.947. The molecule has 0 radical (unpaired) electrons. The van der Waals surface area contributed by atoms with Gasteiger partial charge in [0, 0.05) is 13.5 Å². The summed E-state index contributed by atoms with van der Waals surface area (Å²) in [6.07, 6.45) is 9.19. The molecule has 1 heterocycles. The summed E-state index contributed by atoms with van der Waals surface area (Å²) < 4.78 is 10.7. The van der Waals surface area contributed by atoms with Crippen LogP contribution in [-0.4, -0.2) is 31.6 Å². The number of carbonyl (C=O) groups excluding carboxylic acids is 1. The fourth-order valence-electron chi connectivity index (χ4n) is 3.51. The van der Waals surface area contributed by atoms with E-state index in [1.54, 1.807) is 7.11 Å². The van der Waals surface area contributed by atoms with Crippen LogP contribution in [0, 0.1) is 5.92 Å². The van der Waals surface area contributed by atoms with Crippen LogP contribution in [0.1, 0.15) is 85.0 Å². The highest BCUT2D eigenvalue weighted by Gasteiger charge is 2.55. The number of rotatable bonds is 11. The van der Waals surface area contributed by atoms with E-state index in [1.807, 2.05) is 0 Å². The molecule has 1 aliphatic heterocycles. The molecule has 1 saturated heterocycles. The molecule has 0 aromatic heterocycles. The molecular formula is C19H36O5. The number of ether oxygens (including phenoxy) is 2. The quantitative estimate of drug-likeness (QED) is 0.399. The zero-order chi connectivity index (χ0) is 18.1. The minimum atomic E-state index is -1.04. The van der Waals surface area contributed by atoms with Crippen LogP contribution < -0.4 is 0 Å². The monoisotopic (exact) mass is 344 g/mol. The van der Waals surface area contributed by atoms with Crippen molar-refractivity contribution in [3.63, 3.8) is 0 Å². The number of hydrogen-bond donors (Lipinski definition) is 0. The Morgan fingerprint density at radius 3 is 1.96 bits per heavy atom. The average Bonchev–Trinajstić information content (AvgIpc) is 2.63. The minimum Gasteiger partial charge on any atom is -0.469 e. The topological polar surface area (TPSA) is 54.0 Å². The summed E-state index contributed by atoms with van der Waals surface area (Å²) in [5.41, 5.74) is -0.418. The Labute approximate surface area is 147 Å². The summed E-state index contributed by atoms with van der Waals surface area (Å²) in [6, 6.07) is 0. The van der Waals surface area contributed by atoms with E-state index in [9.17, 15) is 4.79 Å². The molecule has 1 aliphatic rings. The van der Waals surface area contributed by atoms with Gasteiger partial charge in [-0.15, -0.1) is 0 Å². The standard InChI is InChI=1S/C19H36O5/c1-6-9-12-18(13-10-7-2)15-16(17(20)21-4)19(22-5,24-23-18)14-11-8-3/h16H,6-15H2,1-5H3/t16-,19+/m1/s1. The number of unbranched alkanes of at least 4 members (excludes halogenated alkanes) is 3. The number of methoxy groups -OCH3 is 2. The highest BCUT2D eigenvalue weighted by molar-refractivity contribution is 5.73. The lowest BCUT2D eigenvalue weighted by atomic mass is 9.77. The van der Waals surface area contributed by atoms with E-state index in [0.29, 0.717) is 12.8 Å². The summed E-state index contributed by atoms with van der Waals surface area (Å²) in [6.45, 7) is 6.43. The zero-order valence-electron chi connectivity index (χ0n) is 16.2. The molecule has 0 amide bonds. The molecule has 24 heavy (non-hydrogen) atoms. The van der Waals surface area contributed by atoms with Crippen LogP contribution in [0.4, 0.5) is 0 Å². The first-order valence-electron chi connectivity index (χ1n) is 9.52. The molecular weight excluding hydrogens is 308 g/mol. The van der Waals surface area contributed by atoms with Gasteiger partial charge in [0.25, 0.3) is 0 Å². The van der Waals surface area contributed by atoms with Crippen molar-refractivity contribution in [2.24, 2.45) is 5.92 Å². The lowest BCUT2D eigenvalue weighted by Crippen LogP contribution is -2.57. The van der Waals surface area contributed by atoms with Crippen LogP contribution in [0.5, 0.6) is 0 Å². The summed E-state index contributed by atoms with van der Waals surface area (Å²) in [7, 11) is 3.01. The van der Waals surface area contributed by atoms with Gasteiger partial charge in [0.05, 0.1) is 7.11 Å². The molecule has 1 fully saturated rings. The van der Waals surface area contributed by atoms with Crippen molar-refractivity contribution in [3.8, 4) is 0 Å². The average molecular weight is 344 g/mol. The Kier molecular flexibility index (Phi) is 9.24. The van der Waals surface area contributed by atoms with Gasteiger partial charge in [-0.25, -0.2) is 4.89 Å². The molecule has 0 bridgehead atoms. The predicted octanol–water partition coefficient (Wildman–Crippen LogP) is 4.78. The van der Waals surface area contributed by atoms with Crippen LogP contribution in [-0.2, 0) is 24.0 Å². The van der Waals surface area contributed by atoms with Crippen LogP contribution in [0.2, 0.25) is 0 Å². The van der Waals surface area contributed by atoms with Gasteiger partial charge in [0.15, 0.2) is 0 Å². The molecule has 0 spiro atoms. The summed E-state index contributed by atoms with van der Waals surface area (Å²) >= 11 is 0. The molecule has 1 rings (SSSR count). The van der Waals surface area contributed by atoms with Crippen LogP contribution in [0.25, 0.3) is 0 Å². The first-order valence-corrected chi connectivity index (χ1v) is 9.52. The van der Waals surface area contributed by atoms with Crippen LogP contribution in [0.3, 0.4) is 0 Å². The predicted molar refractivity (Wildman–Crippen MR) is 93.3 cm³/mol. The minimum absolute atomic E-state index is 0.270. The third-order valence-corrected chi connectivity index (χ3v) is 5.15. The highest BCUT2D eigenvalue weighted by atomic mass is 17.2. The maximum Gasteiger partial charge on any atom is 0.314 e. The largest absolute Gasteiger partial charge is 0.469 e. The van der Waals surface area contributed by atoms with Crippen molar-refractivity contribution >= 4 is 5.97 Å². The van der Waals surface area contributed by atoms with Gasteiger partial charge >= 0.3 is 5.97 Å². The van der Waals surface area contributed by atoms with Crippen molar-refractivity contribution in [2.45, 2.75) is 96.4 Å². The van der Waals surface area contributed by atoms with E-state index in [4.69, 9.17) is 19.2 Å². The van der Waals surface area contributed by atoms with Crippen molar-refractivity contribution < 1.29 is 24.0 Å². The zero-order valence-corrected chi connectivity index (χ0v) is 16.2.